The van der Waals surface area contributed by atoms with Gasteiger partial charge in [0.2, 0.25) is 0 Å². The zero-order chi connectivity index (χ0) is 17.2. The summed E-state index contributed by atoms with van der Waals surface area (Å²) in [5, 5.41) is 0. The van der Waals surface area contributed by atoms with Crippen LogP contribution in [-0.2, 0) is 15.3 Å². The second kappa shape index (κ2) is 22.1. The Morgan fingerprint density at radius 3 is 1.71 bits per heavy atom. The van der Waals surface area contributed by atoms with Crippen LogP contribution in [0.25, 0.3) is 0 Å². The van der Waals surface area contributed by atoms with Crippen molar-refractivity contribution in [1.82, 2.24) is 0 Å². The molecule has 0 aliphatic carbocycles. The number of unbranched alkanes of at least 4 members (excludes halogenated alkanes) is 12. The predicted molar refractivity (Wildman–Crippen MR) is 101 cm³/mol. The molecule has 0 saturated carbocycles. The van der Waals surface area contributed by atoms with E-state index in [-0.39, 0.29) is 31.0 Å². The molecule has 2 unspecified atom stereocenters. The molecule has 0 bridgehead atoms. The summed E-state index contributed by atoms with van der Waals surface area (Å²) in [6.07, 6.45) is 17.2. The minimum Gasteiger partial charge on any atom is -1.00 e. The molecule has 0 aromatic carbocycles. The van der Waals surface area contributed by atoms with Crippen molar-refractivity contribution in [2.45, 2.75) is 116 Å². The molecular formula is C19H40FNaO2S. The van der Waals surface area contributed by atoms with E-state index in [0.717, 1.165) is 32.1 Å². The summed E-state index contributed by atoms with van der Waals surface area (Å²) in [6.45, 7) is 4.75. The Bertz CT molecular complexity index is 274. The van der Waals surface area contributed by atoms with E-state index in [4.69, 9.17) is 4.18 Å². The van der Waals surface area contributed by atoms with Crippen molar-refractivity contribution in [2.75, 3.05) is 6.61 Å². The first-order valence-electron chi connectivity index (χ1n) is 9.90. The fourth-order valence-electron chi connectivity index (χ4n) is 2.63. The van der Waals surface area contributed by atoms with Crippen LogP contribution in [0.5, 0.6) is 0 Å². The van der Waals surface area contributed by atoms with Crippen LogP contribution in [0.2, 0.25) is 0 Å². The summed E-state index contributed by atoms with van der Waals surface area (Å²) in [7, 11) is 0. The van der Waals surface area contributed by atoms with Crippen LogP contribution in [0.3, 0.4) is 0 Å². The van der Waals surface area contributed by atoms with Crippen LogP contribution in [-0.4, -0.2) is 16.3 Å². The van der Waals surface area contributed by atoms with Crippen LogP contribution in [0, 0.1) is 0 Å². The fourth-order valence-corrected chi connectivity index (χ4v) is 3.42. The Morgan fingerprint density at radius 1 is 0.792 bits per heavy atom. The molecule has 24 heavy (non-hydrogen) atoms. The summed E-state index contributed by atoms with van der Waals surface area (Å²) < 4.78 is 30.2. The third-order valence-electron chi connectivity index (χ3n) is 4.19. The molecular weight excluding hydrogens is 334 g/mol. The van der Waals surface area contributed by atoms with E-state index in [2.05, 4.69) is 13.8 Å². The van der Waals surface area contributed by atoms with Crippen molar-refractivity contribution in [3.05, 3.63) is 0 Å². The quantitative estimate of drug-likeness (QED) is 0.268. The first kappa shape index (κ1) is 27.3. The zero-order valence-corrected chi connectivity index (χ0v) is 19.3. The Hall–Kier alpha value is 1.04. The molecule has 5 heteroatoms. The number of alkyl halides is 1. The maximum absolute atomic E-state index is 13.5. The Morgan fingerprint density at radius 2 is 1.21 bits per heavy atom. The van der Waals surface area contributed by atoms with E-state index in [9.17, 15) is 8.60 Å². The van der Waals surface area contributed by atoms with Gasteiger partial charge < -0.3 is 1.43 Å². The molecule has 0 N–H and O–H groups in total. The van der Waals surface area contributed by atoms with Crippen molar-refractivity contribution in [1.29, 1.82) is 0 Å². The minimum absolute atomic E-state index is 0. The summed E-state index contributed by atoms with van der Waals surface area (Å²) >= 11 is -1.75. The molecule has 142 valence electrons. The van der Waals surface area contributed by atoms with Crippen molar-refractivity contribution in [3.8, 4) is 0 Å². The second-order valence-electron chi connectivity index (χ2n) is 6.52. The first-order chi connectivity index (χ1) is 11.2. The minimum atomic E-state index is -1.75. The van der Waals surface area contributed by atoms with E-state index in [1.165, 1.54) is 57.8 Å². The molecule has 0 aliphatic rings. The average molecular weight is 375 g/mol. The topological polar surface area (TPSA) is 26.3 Å². The van der Waals surface area contributed by atoms with Gasteiger partial charge in [-0.1, -0.05) is 90.9 Å². The van der Waals surface area contributed by atoms with E-state index in [1.807, 2.05) is 0 Å². The number of rotatable bonds is 18. The van der Waals surface area contributed by atoms with Crippen LogP contribution < -0.4 is 29.6 Å². The zero-order valence-electron chi connectivity index (χ0n) is 17.5. The molecule has 0 fully saturated rings. The third-order valence-corrected chi connectivity index (χ3v) is 5.24. The van der Waals surface area contributed by atoms with E-state index in [0.29, 0.717) is 13.0 Å². The average Bonchev–Trinajstić information content (AvgIpc) is 2.55. The number of hydrogen-bond donors (Lipinski definition) is 0. The van der Waals surface area contributed by atoms with Crippen LogP contribution in [0.4, 0.5) is 4.39 Å². The van der Waals surface area contributed by atoms with Crippen molar-refractivity contribution >= 4 is 11.1 Å². The van der Waals surface area contributed by atoms with Crippen LogP contribution in [0.15, 0.2) is 0 Å². The van der Waals surface area contributed by atoms with E-state index < -0.39 is 16.6 Å². The van der Waals surface area contributed by atoms with Crippen LogP contribution in [0.1, 0.15) is 112 Å². The molecule has 0 aliphatic heterocycles. The molecule has 0 amide bonds. The predicted octanol–water partition coefficient (Wildman–Crippen LogP) is 3.97. The molecule has 0 rings (SSSR count). The summed E-state index contributed by atoms with van der Waals surface area (Å²) in [5.41, 5.74) is -1.31. The van der Waals surface area contributed by atoms with Gasteiger partial charge in [0.15, 0.2) is 16.6 Å². The monoisotopic (exact) mass is 374 g/mol. The van der Waals surface area contributed by atoms with Gasteiger partial charge in [0.1, 0.15) is 0 Å². The van der Waals surface area contributed by atoms with Gasteiger partial charge in [0, 0.05) is 0 Å². The SMILES string of the molecule is CCCCCCCCCCCCCOS(=O)C(F)CCCCC.[H-].[Na+]. The first-order valence-corrected chi connectivity index (χ1v) is 11.0. The Balaban J connectivity index is -0.00000242. The Kier molecular flexibility index (Phi) is 25.1. The van der Waals surface area contributed by atoms with Gasteiger partial charge >= 0.3 is 29.6 Å². The van der Waals surface area contributed by atoms with Crippen molar-refractivity contribution < 1.29 is 43.8 Å². The standard InChI is InChI=1S/C19H39FO2S.Na.H/c1-3-5-7-8-9-10-11-12-13-14-16-18-22-23(21)19(20)17-15-6-4-2;;/h19H,3-18H2,1-2H3;;/q;+1;-1. The van der Waals surface area contributed by atoms with Gasteiger partial charge in [-0.15, -0.1) is 0 Å². The molecule has 0 radical (unpaired) electrons. The summed E-state index contributed by atoms with van der Waals surface area (Å²) in [4.78, 5) is 0. The molecule has 0 heterocycles. The second-order valence-corrected chi connectivity index (χ2v) is 7.79. The molecule has 0 saturated heterocycles. The van der Waals surface area contributed by atoms with Gasteiger partial charge in [-0.25, -0.2) is 8.60 Å². The summed E-state index contributed by atoms with van der Waals surface area (Å²) in [5.74, 6) is 0. The largest absolute Gasteiger partial charge is 1.00 e. The number of halogens is 1. The van der Waals surface area contributed by atoms with Gasteiger partial charge in [0.25, 0.3) is 0 Å². The molecule has 0 aromatic rings. The normalized spacial score (nSPS) is 13.5. The van der Waals surface area contributed by atoms with Crippen molar-refractivity contribution in [2.24, 2.45) is 0 Å². The van der Waals surface area contributed by atoms with Gasteiger partial charge in [0.05, 0.1) is 6.61 Å². The number of hydrogen-bond acceptors (Lipinski definition) is 2. The fraction of sp³-hybridized carbons (Fsp3) is 1.00. The van der Waals surface area contributed by atoms with Crippen molar-refractivity contribution in [3.63, 3.8) is 0 Å². The maximum Gasteiger partial charge on any atom is 1.00 e. The molecule has 2 atom stereocenters. The molecule has 2 nitrogen and oxygen atoms in total. The van der Waals surface area contributed by atoms with Gasteiger partial charge in [-0.2, -0.15) is 0 Å². The van der Waals surface area contributed by atoms with Crippen LogP contribution >= 0.6 is 0 Å². The Labute approximate surface area is 176 Å². The van der Waals surface area contributed by atoms with Gasteiger partial charge in [-0.05, 0) is 19.3 Å². The third kappa shape index (κ3) is 19.4. The van der Waals surface area contributed by atoms with E-state index >= 15 is 0 Å². The smallest absolute Gasteiger partial charge is 1.00 e. The van der Waals surface area contributed by atoms with Gasteiger partial charge in [-0.3, -0.25) is 4.18 Å². The van der Waals surface area contributed by atoms with E-state index in [1.54, 1.807) is 0 Å². The maximum atomic E-state index is 13.5. The molecule has 0 spiro atoms. The molecule has 0 aromatic heterocycles. The summed E-state index contributed by atoms with van der Waals surface area (Å²) in [6, 6.07) is 0.